The van der Waals surface area contributed by atoms with E-state index < -0.39 is 30.5 Å². The smallest absolute Gasteiger partial charge is 0.380 e. The molecule has 1 heterocycles. The first kappa shape index (κ1) is 14.7. The van der Waals surface area contributed by atoms with Crippen LogP contribution in [0.15, 0.2) is 0 Å². The zero-order valence-corrected chi connectivity index (χ0v) is 9.63. The predicted octanol–water partition coefficient (Wildman–Crippen LogP) is 0.0154. The van der Waals surface area contributed by atoms with Crippen molar-refractivity contribution in [1.82, 2.24) is 10.2 Å². The Labute approximate surface area is 102 Å². The van der Waals surface area contributed by atoms with Crippen LogP contribution in [0.4, 0.5) is 13.2 Å². The van der Waals surface area contributed by atoms with E-state index >= 15 is 0 Å². The van der Waals surface area contributed by atoms with Crippen molar-refractivity contribution in [3.63, 3.8) is 0 Å². The Bertz CT molecular complexity index is 343. The Balaban J connectivity index is 2.41. The van der Waals surface area contributed by atoms with Crippen molar-refractivity contribution in [1.29, 1.82) is 5.26 Å². The second-order valence-corrected chi connectivity index (χ2v) is 4.24. The van der Waals surface area contributed by atoms with Crippen LogP contribution in [0, 0.1) is 11.3 Å². The average molecular weight is 265 g/mol. The monoisotopic (exact) mass is 265 g/mol. The Hall–Kier alpha value is -1.33. The summed E-state index contributed by atoms with van der Waals surface area (Å²) in [6.45, 7) is -0.194. The van der Waals surface area contributed by atoms with Crippen LogP contribution in [0.25, 0.3) is 0 Å². The highest BCUT2D eigenvalue weighted by atomic mass is 19.4. The number of nitriles is 1. The number of carbonyl (C=O) groups excluding carboxylic acids is 1. The number of hydrogen-bond donors (Lipinski definition) is 2. The number of alkyl halides is 3. The van der Waals surface area contributed by atoms with Gasteiger partial charge in [0.2, 0.25) is 5.91 Å². The van der Waals surface area contributed by atoms with Crippen molar-refractivity contribution >= 4 is 5.91 Å². The van der Waals surface area contributed by atoms with Gasteiger partial charge in [-0.25, -0.2) is 0 Å². The number of halogens is 3. The first-order valence-electron chi connectivity index (χ1n) is 5.43. The van der Waals surface area contributed by atoms with E-state index in [-0.39, 0.29) is 26.2 Å². The van der Waals surface area contributed by atoms with Crippen molar-refractivity contribution < 1.29 is 23.1 Å². The van der Waals surface area contributed by atoms with Gasteiger partial charge in [-0.05, 0) is 12.8 Å². The fraction of sp³-hybridized carbons (Fsp3) is 0.800. The number of nitrogens with one attached hydrogen (secondary N) is 1. The molecule has 0 saturated carbocycles. The molecule has 1 saturated heterocycles. The standard InChI is InChI=1S/C10H14F3N3O2/c11-10(12,13)9(18)1-5-16(6-2-9)7-8(17)15-4-3-14/h18H,1-2,4-7H2,(H,15,17). The van der Waals surface area contributed by atoms with Crippen molar-refractivity contribution in [2.24, 2.45) is 0 Å². The van der Waals surface area contributed by atoms with E-state index in [1.54, 1.807) is 6.07 Å². The highest BCUT2D eigenvalue weighted by Crippen LogP contribution is 2.38. The minimum Gasteiger partial charge on any atom is -0.380 e. The largest absolute Gasteiger partial charge is 0.417 e. The maximum absolute atomic E-state index is 12.5. The van der Waals surface area contributed by atoms with Crippen LogP contribution in [0.2, 0.25) is 0 Å². The van der Waals surface area contributed by atoms with Crippen molar-refractivity contribution in [2.75, 3.05) is 26.2 Å². The van der Waals surface area contributed by atoms with Crippen LogP contribution in [0.1, 0.15) is 12.8 Å². The van der Waals surface area contributed by atoms with Crippen molar-refractivity contribution in [3.05, 3.63) is 0 Å². The molecular weight excluding hydrogens is 251 g/mol. The van der Waals surface area contributed by atoms with Gasteiger partial charge >= 0.3 is 6.18 Å². The van der Waals surface area contributed by atoms with Gasteiger partial charge in [0.15, 0.2) is 5.60 Å². The summed E-state index contributed by atoms with van der Waals surface area (Å²) < 4.78 is 37.5. The first-order chi connectivity index (χ1) is 8.28. The first-order valence-corrected chi connectivity index (χ1v) is 5.43. The van der Waals surface area contributed by atoms with Crippen LogP contribution in [0.3, 0.4) is 0 Å². The van der Waals surface area contributed by atoms with Gasteiger partial charge in [0.25, 0.3) is 0 Å². The van der Waals surface area contributed by atoms with E-state index in [1.165, 1.54) is 4.90 Å². The van der Waals surface area contributed by atoms with E-state index in [9.17, 15) is 23.1 Å². The molecule has 1 fully saturated rings. The van der Waals surface area contributed by atoms with Crippen LogP contribution in [-0.4, -0.2) is 53.9 Å². The Morgan fingerprint density at radius 2 is 2.00 bits per heavy atom. The summed E-state index contributed by atoms with van der Waals surface area (Å²) >= 11 is 0. The molecule has 2 N–H and O–H groups in total. The van der Waals surface area contributed by atoms with Gasteiger partial charge in [-0.15, -0.1) is 0 Å². The molecule has 18 heavy (non-hydrogen) atoms. The van der Waals surface area contributed by atoms with Gasteiger partial charge in [0.1, 0.15) is 6.54 Å². The number of likely N-dealkylation sites (tertiary alicyclic amines) is 1. The summed E-state index contributed by atoms with van der Waals surface area (Å²) in [5.41, 5.74) is -2.65. The van der Waals surface area contributed by atoms with Gasteiger partial charge in [-0.2, -0.15) is 18.4 Å². The Morgan fingerprint density at radius 1 is 1.44 bits per heavy atom. The van der Waals surface area contributed by atoms with E-state index in [1.807, 2.05) is 0 Å². The SMILES string of the molecule is N#CCNC(=O)CN1CCC(O)(C(F)(F)F)CC1. The molecule has 1 amide bonds. The normalized spacial score (nSPS) is 20.2. The summed E-state index contributed by atoms with van der Waals surface area (Å²) in [7, 11) is 0. The molecule has 1 rings (SSSR count). The highest BCUT2D eigenvalue weighted by Gasteiger charge is 2.54. The number of amides is 1. The molecule has 0 atom stereocenters. The third-order valence-electron chi connectivity index (χ3n) is 2.94. The van der Waals surface area contributed by atoms with Crippen molar-refractivity contribution in [2.45, 2.75) is 24.6 Å². The molecule has 102 valence electrons. The molecule has 5 nitrogen and oxygen atoms in total. The van der Waals surface area contributed by atoms with E-state index in [2.05, 4.69) is 5.32 Å². The summed E-state index contributed by atoms with van der Waals surface area (Å²) in [6, 6.07) is 1.73. The average Bonchev–Trinajstić information content (AvgIpc) is 2.28. The highest BCUT2D eigenvalue weighted by molar-refractivity contribution is 5.78. The number of aliphatic hydroxyl groups is 1. The molecule has 8 heteroatoms. The molecule has 1 aliphatic heterocycles. The van der Waals surface area contributed by atoms with Crippen LogP contribution < -0.4 is 5.32 Å². The quantitative estimate of drug-likeness (QED) is 0.705. The minimum absolute atomic E-state index is 0.00398. The van der Waals surface area contributed by atoms with Gasteiger partial charge < -0.3 is 10.4 Å². The molecule has 0 aliphatic carbocycles. The fourth-order valence-corrected chi connectivity index (χ4v) is 1.76. The molecule has 1 aliphatic rings. The fourth-order valence-electron chi connectivity index (χ4n) is 1.76. The number of carbonyl (C=O) groups is 1. The second kappa shape index (κ2) is 5.54. The number of hydrogen-bond acceptors (Lipinski definition) is 4. The van der Waals surface area contributed by atoms with Crippen LogP contribution >= 0.6 is 0 Å². The third-order valence-corrected chi connectivity index (χ3v) is 2.94. The maximum Gasteiger partial charge on any atom is 0.417 e. The third kappa shape index (κ3) is 3.58. The lowest BCUT2D eigenvalue weighted by molar-refractivity contribution is -0.272. The van der Waals surface area contributed by atoms with Gasteiger partial charge in [-0.3, -0.25) is 9.69 Å². The van der Waals surface area contributed by atoms with Crippen LogP contribution in [0.5, 0.6) is 0 Å². The summed E-state index contributed by atoms with van der Waals surface area (Å²) in [5.74, 6) is -0.408. The lowest BCUT2D eigenvalue weighted by Crippen LogP contribution is -2.54. The van der Waals surface area contributed by atoms with Gasteiger partial charge in [-0.1, -0.05) is 0 Å². The molecule has 0 radical (unpaired) electrons. The molecule has 0 aromatic rings. The molecule has 0 bridgehead atoms. The number of piperidine rings is 1. The number of nitrogens with zero attached hydrogens (tertiary/aromatic N) is 2. The topological polar surface area (TPSA) is 76.4 Å². The zero-order valence-electron chi connectivity index (χ0n) is 9.63. The molecular formula is C10H14F3N3O2. The Kier molecular flexibility index (Phi) is 4.53. The maximum atomic E-state index is 12.5. The van der Waals surface area contributed by atoms with Gasteiger partial charge in [0.05, 0.1) is 12.6 Å². The number of rotatable bonds is 3. The second-order valence-electron chi connectivity index (χ2n) is 4.24. The Morgan fingerprint density at radius 3 is 2.44 bits per heavy atom. The lowest BCUT2D eigenvalue weighted by Gasteiger charge is -2.38. The molecule has 0 spiro atoms. The predicted molar refractivity (Wildman–Crippen MR) is 55.3 cm³/mol. The van der Waals surface area contributed by atoms with E-state index in [0.717, 1.165) is 0 Å². The van der Waals surface area contributed by atoms with Crippen LogP contribution in [-0.2, 0) is 4.79 Å². The van der Waals surface area contributed by atoms with Gasteiger partial charge in [0, 0.05) is 13.1 Å². The summed E-state index contributed by atoms with van der Waals surface area (Å²) in [5, 5.41) is 20.0. The van der Waals surface area contributed by atoms with E-state index in [4.69, 9.17) is 5.26 Å². The zero-order chi connectivity index (χ0) is 13.8. The molecule has 0 unspecified atom stereocenters. The van der Waals surface area contributed by atoms with E-state index in [0.29, 0.717) is 0 Å². The molecule has 0 aromatic heterocycles. The lowest BCUT2D eigenvalue weighted by atomic mass is 9.91. The van der Waals surface area contributed by atoms with Crippen molar-refractivity contribution in [3.8, 4) is 6.07 Å². The summed E-state index contributed by atoms with van der Waals surface area (Å²) in [4.78, 5) is 12.8. The summed E-state index contributed by atoms with van der Waals surface area (Å²) in [6.07, 6.45) is -5.52. The minimum atomic E-state index is -4.64. The molecule has 0 aromatic carbocycles.